The van der Waals surface area contributed by atoms with E-state index >= 15 is 0 Å². The molecule has 2 aliphatic rings. The maximum Gasteiger partial charge on any atom is 0.228 e. The van der Waals surface area contributed by atoms with Crippen molar-refractivity contribution in [1.29, 1.82) is 0 Å². The largest absolute Gasteiger partial charge is 0.497 e. The smallest absolute Gasteiger partial charge is 0.228 e. The first kappa shape index (κ1) is 20.1. The van der Waals surface area contributed by atoms with Gasteiger partial charge >= 0.3 is 0 Å². The average Bonchev–Trinajstić information content (AvgIpc) is 2.91. The van der Waals surface area contributed by atoms with Crippen LogP contribution in [0.25, 0.3) is 0 Å². The van der Waals surface area contributed by atoms with Gasteiger partial charge in [0.2, 0.25) is 11.8 Å². The number of carbonyl (C=O) groups excluding carboxylic acids is 3. The number of anilines is 1. The second-order valence-corrected chi connectivity index (χ2v) is 7.75. The molecule has 8 heteroatoms. The molecule has 7 nitrogen and oxygen atoms in total. The van der Waals surface area contributed by atoms with Crippen molar-refractivity contribution in [3.63, 3.8) is 0 Å². The van der Waals surface area contributed by atoms with Gasteiger partial charge in [0, 0.05) is 49.9 Å². The molecular weight excluding hydrogens is 365 g/mol. The first-order valence-electron chi connectivity index (χ1n) is 9.44. The van der Waals surface area contributed by atoms with Crippen molar-refractivity contribution >= 4 is 23.3 Å². The van der Waals surface area contributed by atoms with Gasteiger partial charge in [0.25, 0.3) is 0 Å². The van der Waals surface area contributed by atoms with E-state index in [0.717, 1.165) is 5.69 Å². The van der Waals surface area contributed by atoms with Gasteiger partial charge < -0.3 is 19.9 Å². The van der Waals surface area contributed by atoms with Gasteiger partial charge in [-0.2, -0.15) is 0 Å². The number of hydrogen-bond donors (Lipinski definition) is 1. The van der Waals surface area contributed by atoms with E-state index in [1.54, 1.807) is 24.8 Å². The van der Waals surface area contributed by atoms with Crippen LogP contribution in [0.15, 0.2) is 18.2 Å². The molecule has 0 bridgehead atoms. The van der Waals surface area contributed by atoms with Crippen LogP contribution >= 0.6 is 0 Å². The van der Waals surface area contributed by atoms with Crippen LogP contribution in [0, 0.1) is 11.7 Å². The van der Waals surface area contributed by atoms with Crippen LogP contribution in [0.3, 0.4) is 0 Å². The summed E-state index contributed by atoms with van der Waals surface area (Å²) in [5.41, 5.74) is -0.240. The number of halogens is 1. The number of ether oxygens (including phenoxy) is 1. The van der Waals surface area contributed by atoms with Gasteiger partial charge in [-0.05, 0) is 19.4 Å². The molecule has 0 saturated carbocycles. The second kappa shape index (κ2) is 7.77. The van der Waals surface area contributed by atoms with Crippen LogP contribution in [-0.4, -0.2) is 61.3 Å². The lowest BCUT2D eigenvalue weighted by molar-refractivity contribution is -0.136. The zero-order valence-corrected chi connectivity index (χ0v) is 16.5. The van der Waals surface area contributed by atoms with Gasteiger partial charge in [-0.3, -0.25) is 14.4 Å². The Morgan fingerprint density at radius 2 is 1.93 bits per heavy atom. The number of nitrogens with one attached hydrogen (secondary N) is 1. The Balaban J connectivity index is 1.58. The number of rotatable bonds is 5. The summed E-state index contributed by atoms with van der Waals surface area (Å²) in [6, 6.07) is 4.56. The Bertz CT molecular complexity index is 792. The quantitative estimate of drug-likeness (QED) is 0.767. The van der Waals surface area contributed by atoms with E-state index in [0.29, 0.717) is 31.9 Å². The Morgan fingerprint density at radius 3 is 2.50 bits per heavy atom. The maximum absolute atomic E-state index is 13.7. The normalized spacial score (nSPS) is 23.6. The van der Waals surface area contributed by atoms with Gasteiger partial charge in [-0.1, -0.05) is 6.92 Å². The zero-order valence-electron chi connectivity index (χ0n) is 16.5. The maximum atomic E-state index is 13.7. The molecule has 0 radical (unpaired) electrons. The topological polar surface area (TPSA) is 79.0 Å². The number of nitrogens with zero attached hydrogens (tertiary/aromatic N) is 2. The molecule has 2 fully saturated rings. The molecule has 2 atom stereocenters. The summed E-state index contributed by atoms with van der Waals surface area (Å²) >= 11 is 0. The molecule has 0 aromatic heterocycles. The van der Waals surface area contributed by atoms with Crippen molar-refractivity contribution in [2.75, 3.05) is 38.2 Å². The molecule has 2 aliphatic heterocycles. The molecule has 1 aromatic carbocycles. The van der Waals surface area contributed by atoms with Crippen LogP contribution in [0.5, 0.6) is 5.75 Å². The molecule has 0 spiro atoms. The highest BCUT2D eigenvalue weighted by atomic mass is 19.1. The lowest BCUT2D eigenvalue weighted by Gasteiger charge is -2.38. The van der Waals surface area contributed by atoms with E-state index in [2.05, 4.69) is 5.32 Å². The Morgan fingerprint density at radius 1 is 1.25 bits per heavy atom. The van der Waals surface area contributed by atoms with Gasteiger partial charge in [-0.25, -0.2) is 4.39 Å². The molecule has 2 amide bonds. The van der Waals surface area contributed by atoms with Crippen molar-refractivity contribution in [1.82, 2.24) is 10.2 Å². The minimum absolute atomic E-state index is 0.0355. The van der Waals surface area contributed by atoms with E-state index in [1.165, 1.54) is 19.2 Å². The minimum Gasteiger partial charge on any atom is -0.497 e. The van der Waals surface area contributed by atoms with Crippen LogP contribution in [-0.2, 0) is 14.4 Å². The SMILES string of the molecule is COc1cc(F)cc(N2CCN(C(=O)[C@@H](C)C[C@@]3(C)NC(=O)CC3=O)CC2)c1. The average molecular weight is 391 g/mol. The molecule has 3 rings (SSSR count). The van der Waals surface area contributed by atoms with Gasteiger partial charge in [0.15, 0.2) is 5.78 Å². The van der Waals surface area contributed by atoms with Gasteiger partial charge in [-0.15, -0.1) is 0 Å². The Labute approximate surface area is 163 Å². The number of Topliss-reactive ketones (excluding diaryl/α,β-unsaturated/α-hetero) is 1. The van der Waals surface area contributed by atoms with E-state index in [9.17, 15) is 18.8 Å². The molecule has 152 valence electrons. The predicted octanol–water partition coefficient (Wildman–Crippen LogP) is 1.36. The fourth-order valence-electron chi connectivity index (χ4n) is 3.97. The van der Waals surface area contributed by atoms with E-state index in [4.69, 9.17) is 4.74 Å². The molecule has 1 N–H and O–H groups in total. The van der Waals surface area contributed by atoms with E-state index < -0.39 is 5.54 Å². The highest BCUT2D eigenvalue weighted by molar-refractivity contribution is 6.10. The standard InChI is InChI=1S/C20H26FN3O4/c1-13(12-20(2)17(25)11-18(26)22-20)19(27)24-6-4-23(5-7-24)15-8-14(21)9-16(10-15)28-3/h8-10,13H,4-7,11-12H2,1-3H3,(H,22,26)/t13-,20+/m0/s1. The summed E-state index contributed by atoms with van der Waals surface area (Å²) in [5.74, 6) is -0.773. The van der Waals surface area contributed by atoms with E-state index in [1.807, 2.05) is 4.90 Å². The minimum atomic E-state index is -0.966. The van der Waals surface area contributed by atoms with Crippen LogP contribution in [0.2, 0.25) is 0 Å². The number of ketones is 1. The second-order valence-electron chi connectivity index (χ2n) is 7.75. The van der Waals surface area contributed by atoms with Crippen LogP contribution in [0.4, 0.5) is 10.1 Å². The number of hydrogen-bond acceptors (Lipinski definition) is 5. The van der Waals surface area contributed by atoms with Crippen LogP contribution in [0.1, 0.15) is 26.7 Å². The highest BCUT2D eigenvalue weighted by Gasteiger charge is 2.44. The summed E-state index contributed by atoms with van der Waals surface area (Å²) in [6.45, 7) is 5.66. The van der Waals surface area contributed by atoms with E-state index in [-0.39, 0.29) is 42.2 Å². The fourth-order valence-corrected chi connectivity index (χ4v) is 3.97. The summed E-state index contributed by atoms with van der Waals surface area (Å²) in [7, 11) is 1.49. The summed E-state index contributed by atoms with van der Waals surface area (Å²) in [5, 5.41) is 2.70. The zero-order chi connectivity index (χ0) is 20.5. The summed E-state index contributed by atoms with van der Waals surface area (Å²) in [6.07, 6.45) is 0.172. The van der Waals surface area contributed by atoms with Crippen molar-refractivity contribution in [2.45, 2.75) is 32.2 Å². The van der Waals surface area contributed by atoms with Crippen molar-refractivity contribution < 1.29 is 23.5 Å². The molecule has 2 saturated heterocycles. The van der Waals surface area contributed by atoms with Crippen molar-refractivity contribution in [3.8, 4) is 5.75 Å². The monoisotopic (exact) mass is 391 g/mol. The van der Waals surface area contributed by atoms with Crippen molar-refractivity contribution in [3.05, 3.63) is 24.0 Å². The molecule has 0 unspecified atom stereocenters. The Hall–Kier alpha value is -2.64. The molecule has 28 heavy (non-hydrogen) atoms. The first-order chi connectivity index (χ1) is 13.2. The molecular formula is C20H26FN3O4. The summed E-state index contributed by atoms with van der Waals surface area (Å²) < 4.78 is 18.9. The number of carbonyl (C=O) groups is 3. The van der Waals surface area contributed by atoms with Crippen molar-refractivity contribution in [2.24, 2.45) is 5.92 Å². The fraction of sp³-hybridized carbons (Fsp3) is 0.550. The number of piperazine rings is 1. The third kappa shape index (κ3) is 4.10. The first-order valence-corrected chi connectivity index (χ1v) is 9.44. The van der Waals surface area contributed by atoms with Crippen LogP contribution < -0.4 is 15.0 Å². The number of amides is 2. The molecule has 0 aliphatic carbocycles. The van der Waals surface area contributed by atoms with Gasteiger partial charge in [0.1, 0.15) is 11.6 Å². The third-order valence-corrected chi connectivity index (χ3v) is 5.54. The molecule has 2 heterocycles. The lowest BCUT2D eigenvalue weighted by atomic mass is 9.87. The predicted molar refractivity (Wildman–Crippen MR) is 102 cm³/mol. The Kier molecular flexibility index (Phi) is 5.58. The number of benzene rings is 1. The highest BCUT2D eigenvalue weighted by Crippen LogP contribution is 2.27. The van der Waals surface area contributed by atoms with Gasteiger partial charge in [0.05, 0.1) is 19.1 Å². The molecule has 1 aromatic rings. The third-order valence-electron chi connectivity index (χ3n) is 5.54. The summed E-state index contributed by atoms with van der Waals surface area (Å²) in [4.78, 5) is 40.2. The lowest BCUT2D eigenvalue weighted by Crippen LogP contribution is -2.52. The number of methoxy groups -OCH3 is 1.